The third-order valence-corrected chi connectivity index (χ3v) is 8.59. The number of aromatic nitrogens is 2. The Bertz CT molecular complexity index is 995. The number of fused-ring (bicyclic) bond motifs is 3. The molecular formula is C26H30ClFN4. The molecule has 2 saturated carbocycles. The minimum atomic E-state index is -0.350. The van der Waals surface area contributed by atoms with Gasteiger partial charge in [0.1, 0.15) is 11.6 Å². The summed E-state index contributed by atoms with van der Waals surface area (Å²) in [6.07, 6.45) is 10.4. The number of nitrogens with zero attached hydrogens (tertiary/aromatic N) is 3. The van der Waals surface area contributed by atoms with Crippen molar-refractivity contribution in [3.05, 3.63) is 53.3 Å². The number of hydrogen-bond donors (Lipinski definition) is 1. The van der Waals surface area contributed by atoms with Crippen molar-refractivity contribution in [2.24, 2.45) is 35.5 Å². The van der Waals surface area contributed by atoms with Crippen LogP contribution in [0.2, 0.25) is 5.02 Å². The summed E-state index contributed by atoms with van der Waals surface area (Å²) in [5, 5.41) is 12.4. The first kappa shape index (κ1) is 20.6. The Morgan fingerprint density at radius 1 is 1.00 bits per heavy atom. The highest BCUT2D eigenvalue weighted by Crippen LogP contribution is 2.46. The first-order chi connectivity index (χ1) is 15.6. The molecule has 3 fully saturated rings. The van der Waals surface area contributed by atoms with Crippen molar-refractivity contribution in [1.82, 2.24) is 15.1 Å². The molecule has 6 atom stereocenters. The molecule has 3 aliphatic carbocycles. The third-order valence-electron chi connectivity index (χ3n) is 8.28. The SMILES string of the molecule is Fc1ccc(-c2ccc(NCC3C[C@@H]4CN(CC5CC6C=CC5C6)C[C@@H]4C3)nn2)c(Cl)c1. The molecular weight excluding hydrogens is 423 g/mol. The minimum Gasteiger partial charge on any atom is -0.368 e. The molecule has 0 radical (unpaired) electrons. The molecule has 2 aromatic rings. The van der Waals surface area contributed by atoms with E-state index in [2.05, 4.69) is 32.6 Å². The van der Waals surface area contributed by atoms with Crippen LogP contribution in [-0.2, 0) is 0 Å². The van der Waals surface area contributed by atoms with E-state index in [0.717, 1.165) is 42.0 Å². The summed E-state index contributed by atoms with van der Waals surface area (Å²) >= 11 is 6.14. The van der Waals surface area contributed by atoms with E-state index in [-0.39, 0.29) is 5.82 Å². The second kappa shape index (κ2) is 8.42. The van der Waals surface area contributed by atoms with Gasteiger partial charge in [-0.25, -0.2) is 4.39 Å². The van der Waals surface area contributed by atoms with Gasteiger partial charge in [-0.3, -0.25) is 0 Å². The van der Waals surface area contributed by atoms with Crippen LogP contribution < -0.4 is 5.32 Å². The molecule has 1 aromatic carbocycles. The number of likely N-dealkylation sites (tertiary alicyclic amines) is 1. The number of nitrogens with one attached hydrogen (secondary N) is 1. The van der Waals surface area contributed by atoms with Crippen molar-refractivity contribution in [3.63, 3.8) is 0 Å². The van der Waals surface area contributed by atoms with Crippen LogP contribution in [0.1, 0.15) is 25.7 Å². The molecule has 1 aliphatic heterocycles. The summed E-state index contributed by atoms with van der Waals surface area (Å²) < 4.78 is 13.3. The molecule has 4 nitrogen and oxygen atoms in total. The van der Waals surface area contributed by atoms with Crippen LogP contribution in [0.4, 0.5) is 10.2 Å². The third kappa shape index (κ3) is 4.06. The fourth-order valence-electron chi connectivity index (χ4n) is 6.79. The van der Waals surface area contributed by atoms with Gasteiger partial charge in [0.05, 0.1) is 10.7 Å². The molecule has 4 unspecified atom stereocenters. The summed E-state index contributed by atoms with van der Waals surface area (Å²) in [6.45, 7) is 4.87. The van der Waals surface area contributed by atoms with Crippen LogP contribution in [0.25, 0.3) is 11.3 Å². The van der Waals surface area contributed by atoms with E-state index in [0.29, 0.717) is 22.2 Å². The van der Waals surface area contributed by atoms with Crippen LogP contribution in [0.15, 0.2) is 42.5 Å². The maximum atomic E-state index is 13.3. The highest BCUT2D eigenvalue weighted by Gasteiger charge is 2.43. The van der Waals surface area contributed by atoms with Gasteiger partial charge in [0.2, 0.25) is 0 Å². The van der Waals surface area contributed by atoms with E-state index < -0.39 is 0 Å². The van der Waals surface area contributed by atoms with Crippen LogP contribution in [0.3, 0.4) is 0 Å². The second-order valence-electron chi connectivity index (χ2n) is 10.4. The van der Waals surface area contributed by atoms with Crippen LogP contribution in [0, 0.1) is 41.3 Å². The Hall–Kier alpha value is -1.98. The van der Waals surface area contributed by atoms with Gasteiger partial charge in [-0.05, 0) is 91.5 Å². The Balaban J connectivity index is 0.982. The predicted octanol–water partition coefficient (Wildman–Crippen LogP) is 5.52. The molecule has 1 saturated heterocycles. The molecule has 6 heteroatoms. The number of hydrogen-bond acceptors (Lipinski definition) is 4. The zero-order valence-corrected chi connectivity index (χ0v) is 19.0. The van der Waals surface area contributed by atoms with Gasteiger partial charge in [-0.15, -0.1) is 10.2 Å². The normalized spacial score (nSPS) is 33.2. The topological polar surface area (TPSA) is 41.0 Å². The minimum absolute atomic E-state index is 0.350. The number of allylic oxidation sites excluding steroid dienone is 2. The van der Waals surface area contributed by atoms with Gasteiger partial charge in [-0.1, -0.05) is 23.8 Å². The zero-order valence-electron chi connectivity index (χ0n) is 18.3. The Labute approximate surface area is 194 Å². The van der Waals surface area contributed by atoms with Crippen molar-refractivity contribution in [2.45, 2.75) is 25.7 Å². The summed E-state index contributed by atoms with van der Waals surface area (Å²) in [6, 6.07) is 8.16. The van der Waals surface area contributed by atoms with Gasteiger partial charge >= 0.3 is 0 Å². The Kier molecular flexibility index (Phi) is 5.42. The zero-order chi connectivity index (χ0) is 21.7. The highest BCUT2D eigenvalue weighted by atomic mass is 35.5. The average Bonchev–Trinajstić information content (AvgIpc) is 3.54. The van der Waals surface area contributed by atoms with Gasteiger partial charge < -0.3 is 10.2 Å². The van der Waals surface area contributed by atoms with E-state index in [1.54, 1.807) is 6.07 Å². The summed E-state index contributed by atoms with van der Waals surface area (Å²) in [7, 11) is 0. The lowest BCUT2D eigenvalue weighted by molar-refractivity contribution is 0.234. The van der Waals surface area contributed by atoms with Crippen molar-refractivity contribution >= 4 is 17.4 Å². The molecule has 2 bridgehead atoms. The van der Waals surface area contributed by atoms with Crippen LogP contribution in [0.5, 0.6) is 0 Å². The first-order valence-electron chi connectivity index (χ1n) is 12.0. The molecule has 168 valence electrons. The lowest BCUT2D eigenvalue weighted by atomic mass is 9.93. The van der Waals surface area contributed by atoms with Crippen molar-refractivity contribution < 1.29 is 4.39 Å². The van der Waals surface area contributed by atoms with Crippen molar-refractivity contribution in [2.75, 3.05) is 31.5 Å². The lowest BCUT2D eigenvalue weighted by Gasteiger charge is -2.26. The van der Waals surface area contributed by atoms with Gasteiger partial charge in [0, 0.05) is 31.7 Å². The standard InChI is InChI=1S/C26H30ClFN4/c27-24-11-22(28)3-4-23(24)25-5-6-26(31-30-25)29-12-17-9-20-14-32(15-21(20)10-17)13-19-8-16-1-2-18(19)7-16/h1-6,11,16-21H,7-10,12-15H2,(H,29,31)/t16?,17?,18?,19?,20-,21+. The molecule has 1 aromatic heterocycles. The first-order valence-corrected chi connectivity index (χ1v) is 12.4. The van der Waals surface area contributed by atoms with E-state index in [9.17, 15) is 4.39 Å². The molecule has 32 heavy (non-hydrogen) atoms. The van der Waals surface area contributed by atoms with Gasteiger partial charge in [0.25, 0.3) is 0 Å². The van der Waals surface area contributed by atoms with Crippen LogP contribution in [-0.4, -0.2) is 41.3 Å². The van der Waals surface area contributed by atoms with Gasteiger partial charge in [0.15, 0.2) is 0 Å². The number of halogens is 2. The summed E-state index contributed by atoms with van der Waals surface area (Å²) in [5.74, 6) is 5.54. The molecule has 4 aliphatic rings. The number of anilines is 1. The van der Waals surface area contributed by atoms with Crippen LogP contribution >= 0.6 is 11.6 Å². The summed E-state index contributed by atoms with van der Waals surface area (Å²) in [4.78, 5) is 2.77. The fraction of sp³-hybridized carbons (Fsp3) is 0.538. The number of benzene rings is 1. The van der Waals surface area contributed by atoms with E-state index in [1.165, 1.54) is 57.5 Å². The maximum absolute atomic E-state index is 13.3. The van der Waals surface area contributed by atoms with E-state index >= 15 is 0 Å². The second-order valence-corrected chi connectivity index (χ2v) is 10.8. The molecule has 2 heterocycles. The smallest absolute Gasteiger partial charge is 0.148 e. The molecule has 6 rings (SSSR count). The molecule has 0 amide bonds. The molecule has 0 spiro atoms. The summed E-state index contributed by atoms with van der Waals surface area (Å²) in [5.41, 5.74) is 1.35. The lowest BCUT2D eigenvalue weighted by Crippen LogP contribution is -2.30. The molecule has 1 N–H and O–H groups in total. The quantitative estimate of drug-likeness (QED) is 0.586. The monoisotopic (exact) mass is 452 g/mol. The Morgan fingerprint density at radius 3 is 2.50 bits per heavy atom. The fourth-order valence-corrected chi connectivity index (χ4v) is 7.05. The number of rotatable bonds is 6. The Morgan fingerprint density at radius 2 is 1.84 bits per heavy atom. The van der Waals surface area contributed by atoms with Crippen molar-refractivity contribution in [1.29, 1.82) is 0 Å². The maximum Gasteiger partial charge on any atom is 0.148 e. The van der Waals surface area contributed by atoms with Gasteiger partial charge in [-0.2, -0.15) is 0 Å². The predicted molar refractivity (Wildman–Crippen MR) is 126 cm³/mol. The van der Waals surface area contributed by atoms with E-state index in [1.807, 2.05) is 12.1 Å². The average molecular weight is 453 g/mol. The van der Waals surface area contributed by atoms with E-state index in [4.69, 9.17) is 11.6 Å². The van der Waals surface area contributed by atoms with Crippen molar-refractivity contribution in [3.8, 4) is 11.3 Å². The highest BCUT2D eigenvalue weighted by molar-refractivity contribution is 6.33. The largest absolute Gasteiger partial charge is 0.368 e.